The highest BCUT2D eigenvalue weighted by atomic mass is 35.5. The van der Waals surface area contributed by atoms with E-state index in [0.29, 0.717) is 10.7 Å². The van der Waals surface area contributed by atoms with Gasteiger partial charge in [-0.15, -0.1) is 10.2 Å². The van der Waals surface area contributed by atoms with Crippen LogP contribution in [-0.2, 0) is 6.42 Å². The van der Waals surface area contributed by atoms with E-state index in [-0.39, 0.29) is 5.56 Å². The van der Waals surface area contributed by atoms with Crippen LogP contribution in [0.3, 0.4) is 0 Å². The number of aryl methyl sites for hydroxylation is 2. The van der Waals surface area contributed by atoms with Crippen LogP contribution in [0.5, 0.6) is 0 Å². The van der Waals surface area contributed by atoms with Crippen LogP contribution in [0.25, 0.3) is 11.3 Å². The van der Waals surface area contributed by atoms with Crippen LogP contribution in [0, 0.1) is 6.92 Å². The SMILES string of the molecule is CCCc1nnc2c(=O)n(-c3ccc(Cl)c(C)c3)ccn12. The second-order valence-electron chi connectivity index (χ2n) is 4.97. The summed E-state index contributed by atoms with van der Waals surface area (Å²) in [5.41, 5.74) is 1.85. The van der Waals surface area contributed by atoms with Crippen LogP contribution >= 0.6 is 11.6 Å². The molecule has 0 unspecified atom stereocenters. The van der Waals surface area contributed by atoms with E-state index in [9.17, 15) is 4.79 Å². The van der Waals surface area contributed by atoms with Crippen molar-refractivity contribution in [1.29, 1.82) is 0 Å². The first-order valence-electron chi connectivity index (χ1n) is 6.83. The molecular formula is C15H15ClN4O. The fourth-order valence-corrected chi connectivity index (χ4v) is 2.43. The largest absolute Gasteiger partial charge is 0.300 e. The third-order valence-electron chi connectivity index (χ3n) is 3.43. The zero-order valence-corrected chi connectivity index (χ0v) is 12.6. The van der Waals surface area contributed by atoms with Crippen LogP contribution in [0.2, 0.25) is 5.02 Å². The van der Waals surface area contributed by atoms with Gasteiger partial charge in [0.05, 0.1) is 0 Å². The Morgan fingerprint density at radius 1 is 1.24 bits per heavy atom. The van der Waals surface area contributed by atoms with E-state index in [1.165, 1.54) is 0 Å². The molecule has 0 saturated carbocycles. The molecule has 0 aliphatic carbocycles. The normalized spacial score (nSPS) is 11.2. The molecule has 0 N–H and O–H groups in total. The molecular weight excluding hydrogens is 288 g/mol. The Morgan fingerprint density at radius 3 is 2.76 bits per heavy atom. The van der Waals surface area contributed by atoms with Crippen LogP contribution in [-0.4, -0.2) is 19.2 Å². The smallest absolute Gasteiger partial charge is 0.280 e. The first kappa shape index (κ1) is 13.8. The fourth-order valence-electron chi connectivity index (χ4n) is 2.31. The first-order valence-corrected chi connectivity index (χ1v) is 7.21. The summed E-state index contributed by atoms with van der Waals surface area (Å²) in [7, 11) is 0. The van der Waals surface area contributed by atoms with E-state index in [0.717, 1.165) is 29.9 Å². The Kier molecular flexibility index (Phi) is 3.51. The van der Waals surface area contributed by atoms with Crippen LogP contribution in [0.4, 0.5) is 0 Å². The van der Waals surface area contributed by atoms with Crippen molar-refractivity contribution in [3.8, 4) is 5.69 Å². The lowest BCUT2D eigenvalue weighted by Crippen LogP contribution is -2.20. The topological polar surface area (TPSA) is 52.2 Å². The van der Waals surface area contributed by atoms with Gasteiger partial charge in [-0.2, -0.15) is 0 Å². The number of benzene rings is 1. The molecule has 0 fully saturated rings. The van der Waals surface area contributed by atoms with E-state index in [1.54, 1.807) is 21.2 Å². The maximum atomic E-state index is 12.5. The zero-order chi connectivity index (χ0) is 15.0. The summed E-state index contributed by atoms with van der Waals surface area (Å²) >= 11 is 6.03. The van der Waals surface area contributed by atoms with E-state index < -0.39 is 0 Å². The predicted octanol–water partition coefficient (Wildman–Crippen LogP) is 2.79. The molecule has 0 radical (unpaired) electrons. The number of hydrogen-bond donors (Lipinski definition) is 0. The average Bonchev–Trinajstić information content (AvgIpc) is 2.87. The molecule has 0 aliphatic heterocycles. The quantitative estimate of drug-likeness (QED) is 0.747. The third kappa shape index (κ3) is 2.34. The van der Waals surface area contributed by atoms with Crippen molar-refractivity contribution in [1.82, 2.24) is 19.2 Å². The maximum Gasteiger partial charge on any atom is 0.300 e. The summed E-state index contributed by atoms with van der Waals surface area (Å²) < 4.78 is 3.31. The molecule has 0 saturated heterocycles. The number of hydrogen-bond acceptors (Lipinski definition) is 3. The highest BCUT2D eigenvalue weighted by molar-refractivity contribution is 6.31. The van der Waals surface area contributed by atoms with Crippen molar-refractivity contribution < 1.29 is 0 Å². The minimum absolute atomic E-state index is 0.186. The molecule has 5 nitrogen and oxygen atoms in total. The van der Waals surface area contributed by atoms with Crippen molar-refractivity contribution in [3.63, 3.8) is 0 Å². The average molecular weight is 303 g/mol. The van der Waals surface area contributed by atoms with Gasteiger partial charge in [0.25, 0.3) is 0 Å². The fraction of sp³-hybridized carbons (Fsp3) is 0.267. The van der Waals surface area contributed by atoms with Gasteiger partial charge in [-0.1, -0.05) is 18.5 Å². The lowest BCUT2D eigenvalue weighted by molar-refractivity contribution is 0.812. The Morgan fingerprint density at radius 2 is 2.05 bits per heavy atom. The van der Waals surface area contributed by atoms with Gasteiger partial charge in [-0.3, -0.25) is 13.8 Å². The van der Waals surface area contributed by atoms with Crippen molar-refractivity contribution in [2.75, 3.05) is 0 Å². The van der Waals surface area contributed by atoms with Crippen molar-refractivity contribution in [3.05, 3.63) is 57.4 Å². The molecule has 3 rings (SSSR count). The molecule has 0 spiro atoms. The highest BCUT2D eigenvalue weighted by Gasteiger charge is 2.11. The first-order chi connectivity index (χ1) is 10.1. The van der Waals surface area contributed by atoms with E-state index >= 15 is 0 Å². The number of nitrogens with zero attached hydrogens (tertiary/aromatic N) is 4. The van der Waals surface area contributed by atoms with E-state index in [4.69, 9.17) is 11.6 Å². The lowest BCUT2D eigenvalue weighted by atomic mass is 10.2. The van der Waals surface area contributed by atoms with Crippen LogP contribution < -0.4 is 5.56 Å². The molecule has 1 aromatic carbocycles. The summed E-state index contributed by atoms with van der Waals surface area (Å²) in [6, 6.07) is 5.48. The summed E-state index contributed by atoms with van der Waals surface area (Å²) in [6.07, 6.45) is 5.32. The third-order valence-corrected chi connectivity index (χ3v) is 3.86. The maximum absolute atomic E-state index is 12.5. The van der Waals surface area contributed by atoms with Gasteiger partial charge >= 0.3 is 5.56 Å². The molecule has 21 heavy (non-hydrogen) atoms. The Labute approximate surface area is 126 Å². The Bertz CT molecular complexity index is 866. The van der Waals surface area contributed by atoms with Crippen LogP contribution in [0.15, 0.2) is 35.4 Å². The number of aromatic nitrogens is 4. The van der Waals surface area contributed by atoms with Crippen molar-refractivity contribution in [2.24, 2.45) is 0 Å². The van der Waals surface area contributed by atoms with Gasteiger partial charge in [-0.25, -0.2) is 0 Å². The van der Waals surface area contributed by atoms with Gasteiger partial charge in [0.2, 0.25) is 5.65 Å². The standard InChI is InChI=1S/C15H15ClN4O/c1-3-4-13-17-18-14-15(21)19(7-8-20(13)14)11-5-6-12(16)10(2)9-11/h5-9H,3-4H2,1-2H3. The minimum Gasteiger partial charge on any atom is -0.280 e. The molecule has 2 heterocycles. The van der Waals surface area contributed by atoms with E-state index in [1.807, 2.05) is 25.3 Å². The molecule has 108 valence electrons. The monoisotopic (exact) mass is 302 g/mol. The minimum atomic E-state index is -0.186. The van der Waals surface area contributed by atoms with E-state index in [2.05, 4.69) is 17.1 Å². The second kappa shape index (κ2) is 5.33. The molecule has 3 aromatic rings. The highest BCUT2D eigenvalue weighted by Crippen LogP contribution is 2.18. The van der Waals surface area contributed by atoms with Gasteiger partial charge in [0, 0.05) is 29.5 Å². The van der Waals surface area contributed by atoms with Crippen LogP contribution in [0.1, 0.15) is 24.7 Å². The molecule has 2 aromatic heterocycles. The molecule has 6 heteroatoms. The molecule has 0 atom stereocenters. The van der Waals surface area contributed by atoms with Crippen molar-refractivity contribution >= 4 is 17.2 Å². The molecule has 0 bridgehead atoms. The second-order valence-corrected chi connectivity index (χ2v) is 5.37. The van der Waals surface area contributed by atoms with Gasteiger partial charge in [0.1, 0.15) is 5.82 Å². The lowest BCUT2D eigenvalue weighted by Gasteiger charge is -2.08. The predicted molar refractivity (Wildman–Crippen MR) is 82.3 cm³/mol. The Hall–Kier alpha value is -2.14. The molecule has 0 aliphatic rings. The summed E-state index contributed by atoms with van der Waals surface area (Å²) in [6.45, 7) is 3.98. The Balaban J connectivity index is 2.18. The van der Waals surface area contributed by atoms with Gasteiger partial charge in [0.15, 0.2) is 0 Å². The number of halogens is 1. The van der Waals surface area contributed by atoms with Gasteiger partial charge in [-0.05, 0) is 37.1 Å². The zero-order valence-electron chi connectivity index (χ0n) is 11.9. The van der Waals surface area contributed by atoms with Crippen molar-refractivity contribution in [2.45, 2.75) is 26.7 Å². The number of rotatable bonds is 3. The van der Waals surface area contributed by atoms with Gasteiger partial charge < -0.3 is 0 Å². The summed E-state index contributed by atoms with van der Waals surface area (Å²) in [5, 5.41) is 8.79. The summed E-state index contributed by atoms with van der Waals surface area (Å²) in [4.78, 5) is 12.5. The molecule has 0 amide bonds. The number of fused-ring (bicyclic) bond motifs is 1. The summed E-state index contributed by atoms with van der Waals surface area (Å²) in [5.74, 6) is 0.809.